The number of ether oxygens (including phenoxy) is 1. The summed E-state index contributed by atoms with van der Waals surface area (Å²) in [5.74, 6) is 0.382. The van der Waals surface area contributed by atoms with Gasteiger partial charge in [-0.05, 0) is 12.8 Å². The van der Waals surface area contributed by atoms with Gasteiger partial charge < -0.3 is 9.64 Å². The Kier molecular flexibility index (Phi) is 3.78. The molecule has 2 aromatic heterocycles. The summed E-state index contributed by atoms with van der Waals surface area (Å²) in [6.45, 7) is 3.31. The minimum Gasteiger partial charge on any atom is -0.381 e. The Morgan fingerprint density at radius 1 is 1.22 bits per heavy atom. The van der Waals surface area contributed by atoms with E-state index in [1.54, 1.807) is 17.2 Å². The molecule has 0 spiro atoms. The molecular weight excluding hydrogens is 298 g/mol. The van der Waals surface area contributed by atoms with E-state index < -0.39 is 0 Å². The Morgan fingerprint density at radius 3 is 2.70 bits per heavy atom. The minimum absolute atomic E-state index is 0.127. The van der Waals surface area contributed by atoms with Crippen LogP contribution < -0.4 is 0 Å². The number of hydrogen-bond donors (Lipinski definition) is 0. The molecule has 122 valence electrons. The van der Waals surface area contributed by atoms with Crippen LogP contribution in [0, 0.1) is 5.92 Å². The molecule has 2 aliphatic heterocycles. The second-order valence-corrected chi connectivity index (χ2v) is 6.03. The van der Waals surface area contributed by atoms with Gasteiger partial charge in [0.25, 0.3) is 0 Å². The number of hydrogen-bond acceptors (Lipinski definition) is 6. The molecule has 0 N–H and O–H groups in total. The monoisotopic (exact) mass is 317 g/mol. The van der Waals surface area contributed by atoms with Gasteiger partial charge in [0.15, 0.2) is 0 Å². The Morgan fingerprint density at radius 2 is 1.96 bits per heavy atom. The van der Waals surface area contributed by atoms with Crippen molar-refractivity contribution in [3.05, 3.63) is 24.3 Å². The fourth-order valence-corrected chi connectivity index (χ4v) is 3.04. The minimum atomic E-state index is 0.127. The van der Waals surface area contributed by atoms with Crippen LogP contribution in [0.15, 0.2) is 18.6 Å². The van der Waals surface area contributed by atoms with Crippen LogP contribution in [0.5, 0.6) is 0 Å². The summed E-state index contributed by atoms with van der Waals surface area (Å²) < 4.78 is 7.15. The molecule has 2 saturated heterocycles. The normalized spacial score (nSPS) is 19.7. The second-order valence-electron chi connectivity index (χ2n) is 6.03. The van der Waals surface area contributed by atoms with Crippen molar-refractivity contribution in [3.63, 3.8) is 0 Å². The van der Waals surface area contributed by atoms with Crippen molar-refractivity contribution in [2.75, 3.05) is 26.3 Å². The molecule has 4 rings (SSSR count). The maximum atomic E-state index is 12.4. The Hall–Kier alpha value is -2.29. The smallest absolute Gasteiger partial charge is 0.226 e. The Balaban J connectivity index is 1.31. The molecule has 2 aliphatic rings. The average molecular weight is 317 g/mol. The van der Waals surface area contributed by atoms with E-state index in [1.807, 2.05) is 15.8 Å². The summed E-state index contributed by atoms with van der Waals surface area (Å²) in [7, 11) is 0. The van der Waals surface area contributed by atoms with Crippen LogP contribution in [0.4, 0.5) is 0 Å². The molecule has 2 aromatic rings. The van der Waals surface area contributed by atoms with Gasteiger partial charge in [-0.1, -0.05) is 5.21 Å². The lowest BCUT2D eigenvalue weighted by molar-refractivity contribution is -0.144. The highest BCUT2D eigenvalue weighted by Crippen LogP contribution is 2.26. The van der Waals surface area contributed by atoms with Crippen molar-refractivity contribution in [1.82, 2.24) is 34.9 Å². The summed E-state index contributed by atoms with van der Waals surface area (Å²) in [5, 5.41) is 16.4. The van der Waals surface area contributed by atoms with Crippen molar-refractivity contribution < 1.29 is 9.53 Å². The van der Waals surface area contributed by atoms with Crippen LogP contribution in [0.1, 0.15) is 24.6 Å². The number of carbonyl (C=O) groups is 1. The Bertz CT molecular complexity index is 656. The van der Waals surface area contributed by atoms with Gasteiger partial charge in [0.05, 0.1) is 24.6 Å². The highest BCUT2D eigenvalue weighted by Gasteiger charge is 2.36. The molecule has 9 heteroatoms. The molecule has 1 amide bonds. The summed E-state index contributed by atoms with van der Waals surface area (Å²) in [6, 6.07) is 0.214. The van der Waals surface area contributed by atoms with Crippen molar-refractivity contribution in [1.29, 1.82) is 0 Å². The van der Waals surface area contributed by atoms with Gasteiger partial charge >= 0.3 is 0 Å². The quantitative estimate of drug-likeness (QED) is 0.771. The summed E-state index contributed by atoms with van der Waals surface area (Å²) in [6.07, 6.45) is 6.85. The lowest BCUT2D eigenvalue weighted by atomic mass is 9.96. The van der Waals surface area contributed by atoms with E-state index in [0.717, 1.165) is 18.5 Å². The van der Waals surface area contributed by atoms with E-state index in [9.17, 15) is 4.79 Å². The van der Waals surface area contributed by atoms with Gasteiger partial charge in [-0.25, -0.2) is 4.68 Å². The fraction of sp³-hybridized carbons (Fsp3) is 0.643. The zero-order valence-corrected chi connectivity index (χ0v) is 12.8. The van der Waals surface area contributed by atoms with E-state index in [4.69, 9.17) is 4.74 Å². The molecule has 0 radical (unpaired) electrons. The third kappa shape index (κ3) is 2.96. The molecule has 2 fully saturated rings. The molecule has 23 heavy (non-hydrogen) atoms. The first-order chi connectivity index (χ1) is 11.3. The molecule has 0 atom stereocenters. The lowest BCUT2D eigenvalue weighted by Crippen LogP contribution is -2.53. The van der Waals surface area contributed by atoms with Crippen LogP contribution in [0.2, 0.25) is 0 Å². The molecule has 0 bridgehead atoms. The van der Waals surface area contributed by atoms with Crippen molar-refractivity contribution in [2.24, 2.45) is 5.92 Å². The topological polar surface area (TPSA) is 91.0 Å². The zero-order chi connectivity index (χ0) is 15.6. The first-order valence-electron chi connectivity index (χ1n) is 7.91. The highest BCUT2D eigenvalue weighted by atomic mass is 16.5. The fourth-order valence-electron chi connectivity index (χ4n) is 3.04. The third-order valence-electron chi connectivity index (χ3n) is 4.45. The number of aromatic nitrogens is 6. The number of likely N-dealkylation sites (tertiary alicyclic amines) is 1. The van der Waals surface area contributed by atoms with Gasteiger partial charge in [-0.15, -0.1) is 5.10 Å². The van der Waals surface area contributed by atoms with Crippen LogP contribution in [0.25, 0.3) is 0 Å². The van der Waals surface area contributed by atoms with E-state index in [0.29, 0.717) is 32.8 Å². The van der Waals surface area contributed by atoms with Crippen molar-refractivity contribution in [2.45, 2.75) is 25.4 Å². The van der Waals surface area contributed by atoms with Gasteiger partial charge in [0, 0.05) is 32.2 Å². The number of amides is 1. The maximum absolute atomic E-state index is 12.4. The SMILES string of the molecule is O=C(C1CCOCC1)N1CC(n2cc(Cn3nccn3)nn2)C1. The zero-order valence-electron chi connectivity index (χ0n) is 12.8. The first-order valence-corrected chi connectivity index (χ1v) is 7.91. The summed E-state index contributed by atoms with van der Waals surface area (Å²) >= 11 is 0. The predicted octanol–water partition coefficient (Wildman–Crippen LogP) is -0.272. The van der Waals surface area contributed by atoms with Crippen LogP contribution in [0.3, 0.4) is 0 Å². The molecule has 0 unspecified atom stereocenters. The van der Waals surface area contributed by atoms with E-state index in [1.165, 1.54) is 0 Å². The molecular formula is C14H19N7O2. The first kappa shape index (κ1) is 14.3. The van der Waals surface area contributed by atoms with E-state index >= 15 is 0 Å². The van der Waals surface area contributed by atoms with Gasteiger partial charge in [-0.3, -0.25) is 4.79 Å². The number of nitrogens with zero attached hydrogens (tertiary/aromatic N) is 7. The second kappa shape index (κ2) is 6.07. The largest absolute Gasteiger partial charge is 0.381 e. The van der Waals surface area contributed by atoms with Crippen LogP contribution in [-0.4, -0.2) is 67.1 Å². The summed E-state index contributed by atoms with van der Waals surface area (Å²) in [4.78, 5) is 15.9. The van der Waals surface area contributed by atoms with E-state index in [-0.39, 0.29) is 17.9 Å². The highest BCUT2D eigenvalue weighted by molar-refractivity contribution is 5.79. The van der Waals surface area contributed by atoms with Gasteiger partial charge in [-0.2, -0.15) is 15.0 Å². The number of carbonyl (C=O) groups excluding carboxylic acids is 1. The lowest BCUT2D eigenvalue weighted by Gasteiger charge is -2.41. The molecule has 0 saturated carbocycles. The predicted molar refractivity (Wildman–Crippen MR) is 78.3 cm³/mol. The standard InChI is InChI=1S/C14H19N7O2/c22-14(11-1-5-23-6-2-11)19-9-13(10-19)20-7-12(17-18-20)8-21-15-3-4-16-21/h3-4,7,11,13H,1-2,5-6,8-10H2. The summed E-state index contributed by atoms with van der Waals surface area (Å²) in [5.41, 5.74) is 0.815. The van der Waals surface area contributed by atoms with Crippen molar-refractivity contribution >= 4 is 5.91 Å². The number of rotatable bonds is 4. The van der Waals surface area contributed by atoms with E-state index in [2.05, 4.69) is 20.5 Å². The molecule has 4 heterocycles. The average Bonchev–Trinajstić information content (AvgIpc) is 3.19. The maximum Gasteiger partial charge on any atom is 0.226 e. The molecule has 9 nitrogen and oxygen atoms in total. The van der Waals surface area contributed by atoms with Gasteiger partial charge in [0.1, 0.15) is 12.2 Å². The Labute approximate surface area is 133 Å². The van der Waals surface area contributed by atoms with Crippen molar-refractivity contribution in [3.8, 4) is 0 Å². The van der Waals surface area contributed by atoms with Crippen LogP contribution >= 0.6 is 0 Å². The third-order valence-corrected chi connectivity index (χ3v) is 4.45. The molecule has 0 aromatic carbocycles. The van der Waals surface area contributed by atoms with Crippen LogP contribution in [-0.2, 0) is 16.1 Å². The van der Waals surface area contributed by atoms with Gasteiger partial charge in [0.2, 0.25) is 5.91 Å². The molecule has 0 aliphatic carbocycles.